The number of hydrogen-bond donors (Lipinski definition) is 0. The average Bonchev–Trinajstić information content (AvgIpc) is 3.85. The Labute approximate surface area is 229 Å². The van der Waals surface area contributed by atoms with Crippen LogP contribution in [0.4, 0.5) is 5.82 Å². The second-order valence-electron chi connectivity index (χ2n) is 10.0. The van der Waals surface area contributed by atoms with Gasteiger partial charge in [-0.25, -0.2) is 0 Å². The van der Waals surface area contributed by atoms with Gasteiger partial charge in [0.25, 0.3) is 0 Å². The lowest BCUT2D eigenvalue weighted by Crippen LogP contribution is -2.52. The van der Waals surface area contributed by atoms with Crippen LogP contribution in [0.25, 0.3) is 11.3 Å². The molecule has 2 amide bonds. The van der Waals surface area contributed by atoms with Crippen molar-refractivity contribution in [3.05, 3.63) is 66.2 Å². The molecular formula is C30H35N5O4. The molecule has 1 atom stereocenters. The van der Waals surface area contributed by atoms with Gasteiger partial charge in [0.15, 0.2) is 5.82 Å². The summed E-state index contributed by atoms with van der Waals surface area (Å²) in [6.07, 6.45) is 1.82. The molecule has 2 fully saturated rings. The Kier molecular flexibility index (Phi) is 7.95. The quantitative estimate of drug-likeness (QED) is 0.417. The summed E-state index contributed by atoms with van der Waals surface area (Å²) < 4.78 is 10.8. The van der Waals surface area contributed by atoms with Crippen molar-refractivity contribution >= 4 is 17.6 Å². The summed E-state index contributed by atoms with van der Waals surface area (Å²) in [5, 5.41) is 8.89. The Hall–Kier alpha value is -4.14. The Balaban J connectivity index is 1.20. The molecule has 0 unspecified atom stereocenters. The first-order valence-electron chi connectivity index (χ1n) is 13.4. The maximum Gasteiger partial charge on any atom is 0.242 e. The predicted molar refractivity (Wildman–Crippen MR) is 149 cm³/mol. The largest absolute Gasteiger partial charge is 0.497 e. The molecule has 0 spiro atoms. The van der Waals surface area contributed by atoms with Gasteiger partial charge in [-0.05, 0) is 49.6 Å². The van der Waals surface area contributed by atoms with Gasteiger partial charge in [-0.3, -0.25) is 9.59 Å². The minimum absolute atomic E-state index is 0.0144. The number of benzene rings is 2. The molecule has 1 saturated heterocycles. The lowest BCUT2D eigenvalue weighted by molar-refractivity contribution is -0.143. The summed E-state index contributed by atoms with van der Waals surface area (Å²) in [4.78, 5) is 32.1. The van der Waals surface area contributed by atoms with Gasteiger partial charge in [-0.2, -0.15) is 0 Å². The molecule has 1 aromatic heterocycles. The molecule has 2 aromatic carbocycles. The van der Waals surface area contributed by atoms with Gasteiger partial charge in [0.2, 0.25) is 11.8 Å². The SMILES string of the molecule is COc1ccc(-c2ccc(N3CCN(C(=O)CN(C(=O)C4CC4)[C@@H](C)c4ccccc4)CC3)nn2)c(OC)c1. The number of ether oxygens (including phenoxy) is 2. The van der Waals surface area contributed by atoms with Crippen molar-refractivity contribution in [3.8, 4) is 22.8 Å². The summed E-state index contributed by atoms with van der Waals surface area (Å²) in [6, 6.07) is 19.2. The van der Waals surface area contributed by atoms with Gasteiger partial charge in [0.1, 0.15) is 18.0 Å². The number of carbonyl (C=O) groups is 2. The molecule has 1 saturated carbocycles. The van der Waals surface area contributed by atoms with E-state index in [1.165, 1.54) is 0 Å². The number of carbonyl (C=O) groups excluding carboxylic acids is 2. The van der Waals surface area contributed by atoms with E-state index in [0.717, 1.165) is 29.8 Å². The van der Waals surface area contributed by atoms with Crippen LogP contribution in [0.3, 0.4) is 0 Å². The first-order valence-corrected chi connectivity index (χ1v) is 13.4. The van der Waals surface area contributed by atoms with Crippen molar-refractivity contribution in [3.63, 3.8) is 0 Å². The van der Waals surface area contributed by atoms with E-state index in [1.807, 2.05) is 72.5 Å². The first kappa shape index (κ1) is 26.5. The highest BCUT2D eigenvalue weighted by atomic mass is 16.5. The molecule has 9 nitrogen and oxygen atoms in total. The Morgan fingerprint density at radius 2 is 1.69 bits per heavy atom. The van der Waals surface area contributed by atoms with E-state index in [1.54, 1.807) is 19.1 Å². The van der Waals surface area contributed by atoms with Crippen LogP contribution in [0.1, 0.15) is 31.4 Å². The lowest BCUT2D eigenvalue weighted by atomic mass is 10.1. The smallest absolute Gasteiger partial charge is 0.242 e. The van der Waals surface area contributed by atoms with E-state index in [4.69, 9.17) is 9.47 Å². The third-order valence-corrected chi connectivity index (χ3v) is 7.56. The van der Waals surface area contributed by atoms with Crippen LogP contribution in [0.2, 0.25) is 0 Å². The molecule has 204 valence electrons. The van der Waals surface area contributed by atoms with E-state index in [-0.39, 0.29) is 30.3 Å². The predicted octanol–water partition coefficient (Wildman–Crippen LogP) is 3.81. The van der Waals surface area contributed by atoms with Gasteiger partial charge in [0, 0.05) is 43.7 Å². The summed E-state index contributed by atoms with van der Waals surface area (Å²) in [5.74, 6) is 2.27. The van der Waals surface area contributed by atoms with E-state index < -0.39 is 0 Å². The van der Waals surface area contributed by atoms with Crippen LogP contribution in [-0.2, 0) is 9.59 Å². The number of aromatic nitrogens is 2. The van der Waals surface area contributed by atoms with E-state index >= 15 is 0 Å². The van der Waals surface area contributed by atoms with Gasteiger partial charge in [0.05, 0.1) is 26.0 Å². The fraction of sp³-hybridized carbons (Fsp3) is 0.400. The van der Waals surface area contributed by atoms with Crippen molar-refractivity contribution in [1.29, 1.82) is 0 Å². The molecular weight excluding hydrogens is 494 g/mol. The van der Waals surface area contributed by atoms with Crippen molar-refractivity contribution in [2.75, 3.05) is 51.8 Å². The molecule has 2 heterocycles. The lowest BCUT2D eigenvalue weighted by Gasteiger charge is -2.37. The second-order valence-corrected chi connectivity index (χ2v) is 10.0. The molecule has 39 heavy (non-hydrogen) atoms. The van der Waals surface area contributed by atoms with Crippen LogP contribution >= 0.6 is 0 Å². The van der Waals surface area contributed by atoms with Crippen molar-refractivity contribution in [2.45, 2.75) is 25.8 Å². The van der Waals surface area contributed by atoms with Crippen molar-refractivity contribution < 1.29 is 19.1 Å². The molecule has 0 radical (unpaired) electrons. The van der Waals surface area contributed by atoms with Crippen molar-refractivity contribution in [1.82, 2.24) is 20.0 Å². The van der Waals surface area contributed by atoms with Crippen LogP contribution in [-0.4, -0.2) is 78.8 Å². The summed E-state index contributed by atoms with van der Waals surface area (Å²) in [6.45, 7) is 4.54. The maximum absolute atomic E-state index is 13.3. The van der Waals surface area contributed by atoms with Gasteiger partial charge < -0.3 is 24.2 Å². The molecule has 3 aromatic rings. The molecule has 5 rings (SSSR count). The topological polar surface area (TPSA) is 88.1 Å². The highest BCUT2D eigenvalue weighted by Gasteiger charge is 2.37. The first-order chi connectivity index (χ1) is 19.0. The molecule has 1 aliphatic heterocycles. The highest BCUT2D eigenvalue weighted by molar-refractivity contribution is 5.87. The monoisotopic (exact) mass is 529 g/mol. The van der Waals surface area contributed by atoms with E-state index in [9.17, 15) is 9.59 Å². The van der Waals surface area contributed by atoms with Gasteiger partial charge in [-0.15, -0.1) is 10.2 Å². The van der Waals surface area contributed by atoms with Crippen LogP contribution in [0.5, 0.6) is 11.5 Å². The minimum Gasteiger partial charge on any atom is -0.497 e. The Bertz CT molecular complexity index is 1290. The minimum atomic E-state index is -0.150. The number of amides is 2. The number of anilines is 1. The molecule has 0 bridgehead atoms. The Morgan fingerprint density at radius 3 is 2.31 bits per heavy atom. The third kappa shape index (κ3) is 5.97. The fourth-order valence-electron chi connectivity index (χ4n) is 4.96. The summed E-state index contributed by atoms with van der Waals surface area (Å²) >= 11 is 0. The third-order valence-electron chi connectivity index (χ3n) is 7.56. The average molecular weight is 530 g/mol. The highest BCUT2D eigenvalue weighted by Crippen LogP contribution is 2.34. The van der Waals surface area contributed by atoms with Crippen LogP contribution in [0.15, 0.2) is 60.7 Å². The van der Waals surface area contributed by atoms with E-state index in [2.05, 4.69) is 15.1 Å². The standard InChI is InChI=1S/C30H35N5O4/c1-21(22-7-5-4-6-8-22)35(30(37)23-9-10-23)20-29(36)34-17-15-33(16-18-34)28-14-13-26(31-32-28)25-12-11-24(38-2)19-27(25)39-3/h4-8,11-14,19,21,23H,9-10,15-18,20H2,1-3H3/t21-/m0/s1. The molecule has 0 N–H and O–H groups in total. The number of piperazine rings is 1. The number of hydrogen-bond acceptors (Lipinski definition) is 7. The number of rotatable bonds is 9. The van der Waals surface area contributed by atoms with Crippen LogP contribution < -0.4 is 14.4 Å². The molecule has 1 aliphatic carbocycles. The molecule has 9 heteroatoms. The Morgan fingerprint density at radius 1 is 0.949 bits per heavy atom. The summed E-state index contributed by atoms with van der Waals surface area (Å²) in [5.41, 5.74) is 2.58. The summed E-state index contributed by atoms with van der Waals surface area (Å²) in [7, 11) is 3.23. The maximum atomic E-state index is 13.3. The van der Waals surface area contributed by atoms with E-state index in [0.29, 0.717) is 43.4 Å². The number of nitrogens with zero attached hydrogens (tertiary/aromatic N) is 5. The normalized spacial score (nSPS) is 16.0. The fourth-order valence-corrected chi connectivity index (χ4v) is 4.96. The zero-order valence-electron chi connectivity index (χ0n) is 22.7. The number of methoxy groups -OCH3 is 2. The molecule has 2 aliphatic rings. The van der Waals surface area contributed by atoms with Crippen molar-refractivity contribution in [2.24, 2.45) is 5.92 Å². The van der Waals surface area contributed by atoms with Crippen LogP contribution in [0, 0.1) is 5.92 Å². The van der Waals surface area contributed by atoms with Gasteiger partial charge in [-0.1, -0.05) is 30.3 Å². The zero-order chi connectivity index (χ0) is 27.4. The van der Waals surface area contributed by atoms with Gasteiger partial charge >= 0.3 is 0 Å². The second kappa shape index (κ2) is 11.7. The zero-order valence-corrected chi connectivity index (χ0v) is 22.7.